The largest absolute Gasteiger partial charge is 0.463 e. The molecule has 2 heterocycles. The van der Waals surface area contributed by atoms with Gasteiger partial charge in [-0.3, -0.25) is 4.79 Å². The highest BCUT2D eigenvalue weighted by Crippen LogP contribution is 2.31. The van der Waals surface area contributed by atoms with Gasteiger partial charge >= 0.3 is 0 Å². The van der Waals surface area contributed by atoms with Crippen LogP contribution in [0.1, 0.15) is 28.7 Å². The molecule has 1 aromatic heterocycles. The smallest absolute Gasteiger partial charge is 0.199 e. The zero-order valence-electron chi connectivity index (χ0n) is 24.5. The molecule has 0 N–H and O–H groups in total. The summed E-state index contributed by atoms with van der Waals surface area (Å²) in [6.45, 7) is 1.68. The van der Waals surface area contributed by atoms with Gasteiger partial charge in [-0.1, -0.05) is 115 Å². The minimum Gasteiger partial charge on any atom is -0.463 e. The van der Waals surface area contributed by atoms with E-state index in [1.165, 1.54) is 6.26 Å². The lowest BCUT2D eigenvalue weighted by Gasteiger charge is -2.25. The van der Waals surface area contributed by atoms with Crippen LogP contribution in [0.5, 0.6) is 0 Å². The summed E-state index contributed by atoms with van der Waals surface area (Å²) in [4.78, 5) is 13.0. The van der Waals surface area contributed by atoms with Gasteiger partial charge in [-0.2, -0.15) is 0 Å². The Morgan fingerprint density at radius 3 is 1.82 bits per heavy atom. The maximum absolute atomic E-state index is 13.0. The highest BCUT2D eigenvalue weighted by atomic mass is 16.6. The SMILES string of the molecule is O=c1c(/C=C/C[C@H]2O[C@@H](COCc3ccccc3)[C@H](OCc3ccccc3)[C@@H]2OCc2ccccc2)coc2ccccc12. The summed E-state index contributed by atoms with van der Waals surface area (Å²) in [7, 11) is 0. The molecule has 5 aromatic rings. The van der Waals surface area contributed by atoms with Crippen LogP contribution in [0.3, 0.4) is 0 Å². The van der Waals surface area contributed by atoms with Gasteiger partial charge < -0.3 is 23.4 Å². The number of hydrogen-bond donors (Lipinski definition) is 0. The van der Waals surface area contributed by atoms with Crippen molar-refractivity contribution in [3.05, 3.63) is 160 Å². The number of ether oxygens (including phenoxy) is 4. The number of hydrogen-bond acceptors (Lipinski definition) is 6. The fourth-order valence-electron chi connectivity index (χ4n) is 5.47. The summed E-state index contributed by atoms with van der Waals surface area (Å²) in [6.07, 6.45) is 4.40. The Bertz CT molecular complexity index is 1680. The van der Waals surface area contributed by atoms with E-state index in [9.17, 15) is 4.79 Å². The molecule has 0 radical (unpaired) electrons. The van der Waals surface area contributed by atoms with Gasteiger partial charge in [0.05, 0.1) is 43.5 Å². The molecule has 0 aliphatic carbocycles. The first-order valence-electron chi connectivity index (χ1n) is 15.0. The second-order valence-corrected chi connectivity index (χ2v) is 10.9. The molecule has 224 valence electrons. The molecule has 44 heavy (non-hydrogen) atoms. The first kappa shape index (κ1) is 29.7. The Morgan fingerprint density at radius 1 is 0.636 bits per heavy atom. The number of para-hydroxylation sites is 1. The van der Waals surface area contributed by atoms with Gasteiger partial charge in [0, 0.05) is 0 Å². The van der Waals surface area contributed by atoms with Gasteiger partial charge in [-0.15, -0.1) is 0 Å². The van der Waals surface area contributed by atoms with Crippen LogP contribution in [-0.4, -0.2) is 31.0 Å². The van der Waals surface area contributed by atoms with Crippen molar-refractivity contribution in [1.82, 2.24) is 0 Å². The summed E-state index contributed by atoms with van der Waals surface area (Å²) >= 11 is 0. The van der Waals surface area contributed by atoms with Crippen LogP contribution in [0.15, 0.2) is 137 Å². The van der Waals surface area contributed by atoms with Crippen molar-refractivity contribution in [1.29, 1.82) is 0 Å². The van der Waals surface area contributed by atoms with E-state index in [-0.39, 0.29) is 29.8 Å². The third kappa shape index (κ3) is 7.59. The standard InChI is InChI=1S/C38H36O6/c39-36-31(26-41-33-21-11-10-20-32(33)36)19-12-22-34-37(42-24-29-15-6-2-7-16-29)38(43-25-30-17-8-3-9-18-30)35(44-34)27-40-23-28-13-4-1-5-14-28/h1-21,26,34-35,37-38H,22-25,27H2/b19-12+/t34-,35+,37-,38+/m1/s1. The maximum Gasteiger partial charge on any atom is 0.199 e. The molecule has 0 unspecified atom stereocenters. The van der Waals surface area contributed by atoms with Gasteiger partial charge in [0.15, 0.2) is 5.43 Å². The molecule has 6 rings (SSSR count). The van der Waals surface area contributed by atoms with Crippen molar-refractivity contribution in [2.45, 2.75) is 50.7 Å². The lowest BCUT2D eigenvalue weighted by atomic mass is 10.0. The quantitative estimate of drug-likeness (QED) is 0.143. The van der Waals surface area contributed by atoms with E-state index in [0.717, 1.165) is 16.7 Å². The van der Waals surface area contributed by atoms with Crippen molar-refractivity contribution < 1.29 is 23.4 Å². The van der Waals surface area contributed by atoms with Crippen molar-refractivity contribution >= 4 is 17.0 Å². The molecule has 0 amide bonds. The van der Waals surface area contributed by atoms with E-state index >= 15 is 0 Å². The average molecular weight is 589 g/mol. The van der Waals surface area contributed by atoms with Gasteiger partial charge in [0.25, 0.3) is 0 Å². The highest BCUT2D eigenvalue weighted by Gasteiger charge is 2.45. The number of fused-ring (bicyclic) bond motifs is 1. The van der Waals surface area contributed by atoms with E-state index in [1.54, 1.807) is 18.2 Å². The van der Waals surface area contributed by atoms with Gasteiger partial charge in [-0.25, -0.2) is 0 Å². The van der Waals surface area contributed by atoms with Crippen LogP contribution in [0.2, 0.25) is 0 Å². The van der Waals surface area contributed by atoms with E-state index in [0.29, 0.717) is 49.4 Å². The molecule has 0 bridgehead atoms. The molecule has 4 atom stereocenters. The summed E-state index contributed by atoms with van der Waals surface area (Å²) in [5, 5.41) is 0.556. The molecule has 1 aliphatic rings. The molecule has 1 saturated heterocycles. The molecule has 4 aromatic carbocycles. The third-order valence-electron chi connectivity index (χ3n) is 7.74. The molecular formula is C38H36O6. The van der Waals surface area contributed by atoms with E-state index in [2.05, 4.69) is 0 Å². The van der Waals surface area contributed by atoms with Crippen molar-refractivity contribution in [2.75, 3.05) is 6.61 Å². The van der Waals surface area contributed by atoms with Gasteiger partial charge in [0.1, 0.15) is 30.2 Å². The summed E-state index contributed by atoms with van der Waals surface area (Å²) in [6, 6.07) is 37.5. The Balaban J connectivity index is 1.21. The zero-order valence-corrected chi connectivity index (χ0v) is 24.5. The predicted octanol–water partition coefficient (Wildman–Crippen LogP) is 7.35. The van der Waals surface area contributed by atoms with Crippen LogP contribution in [0.4, 0.5) is 0 Å². The second-order valence-electron chi connectivity index (χ2n) is 10.9. The molecule has 1 aliphatic heterocycles. The van der Waals surface area contributed by atoms with Crippen LogP contribution >= 0.6 is 0 Å². The number of rotatable bonds is 13. The highest BCUT2D eigenvalue weighted by molar-refractivity contribution is 5.78. The summed E-state index contributed by atoms with van der Waals surface area (Å²) in [5.41, 5.74) is 4.23. The first-order chi connectivity index (χ1) is 21.7. The van der Waals surface area contributed by atoms with Crippen molar-refractivity contribution in [3.63, 3.8) is 0 Å². The van der Waals surface area contributed by atoms with Crippen LogP contribution in [0, 0.1) is 0 Å². The van der Waals surface area contributed by atoms with E-state index in [4.69, 9.17) is 23.4 Å². The molecule has 0 spiro atoms. The Labute approximate surface area is 257 Å². The number of benzene rings is 4. The Hall–Kier alpha value is -4.33. The molecule has 1 fully saturated rings. The minimum absolute atomic E-state index is 0.0661. The Kier molecular flexibility index (Phi) is 10.1. The van der Waals surface area contributed by atoms with Crippen molar-refractivity contribution in [3.8, 4) is 0 Å². The molecule has 0 saturated carbocycles. The zero-order chi connectivity index (χ0) is 30.0. The fourth-order valence-corrected chi connectivity index (χ4v) is 5.47. The Morgan fingerprint density at radius 2 is 1.18 bits per heavy atom. The normalized spacial score (nSPS) is 20.0. The molecule has 6 heteroatoms. The summed E-state index contributed by atoms with van der Waals surface area (Å²) in [5.74, 6) is 0. The third-order valence-corrected chi connectivity index (χ3v) is 7.74. The maximum atomic E-state index is 13.0. The molecular weight excluding hydrogens is 552 g/mol. The lowest BCUT2D eigenvalue weighted by molar-refractivity contribution is -0.0898. The average Bonchev–Trinajstić information content (AvgIpc) is 3.41. The van der Waals surface area contributed by atoms with E-state index < -0.39 is 0 Å². The van der Waals surface area contributed by atoms with Gasteiger partial charge in [-0.05, 0) is 35.2 Å². The lowest BCUT2D eigenvalue weighted by Crippen LogP contribution is -2.39. The van der Waals surface area contributed by atoms with Crippen LogP contribution in [0.25, 0.3) is 17.0 Å². The van der Waals surface area contributed by atoms with E-state index in [1.807, 2.05) is 109 Å². The fraction of sp³-hybridized carbons (Fsp3) is 0.237. The van der Waals surface area contributed by atoms with Gasteiger partial charge in [0.2, 0.25) is 0 Å². The van der Waals surface area contributed by atoms with Crippen molar-refractivity contribution in [2.24, 2.45) is 0 Å². The van der Waals surface area contributed by atoms with Crippen LogP contribution < -0.4 is 5.43 Å². The van der Waals surface area contributed by atoms with Crippen LogP contribution in [-0.2, 0) is 38.8 Å². The summed E-state index contributed by atoms with van der Waals surface area (Å²) < 4.78 is 31.6. The first-order valence-corrected chi connectivity index (χ1v) is 15.0. The predicted molar refractivity (Wildman–Crippen MR) is 171 cm³/mol. The topological polar surface area (TPSA) is 67.1 Å². The minimum atomic E-state index is -0.362. The molecule has 6 nitrogen and oxygen atoms in total. The monoisotopic (exact) mass is 588 g/mol. The second kappa shape index (κ2) is 14.9.